The van der Waals surface area contributed by atoms with Crippen molar-refractivity contribution in [3.63, 3.8) is 0 Å². The van der Waals surface area contributed by atoms with Crippen LogP contribution in [0, 0.1) is 0 Å². The van der Waals surface area contributed by atoms with Crippen molar-refractivity contribution in [1.82, 2.24) is 0 Å². The SMILES string of the molecule is CC1(C)c2ccccc2C(=O)c2cc(N3C4CCCCC4SC4CC5C(CC43)SC3CCCCC3N5c3ccc4c(c3)C(=O)c3ccccc3C4(C)C)ccc21. The van der Waals surface area contributed by atoms with Crippen molar-refractivity contribution in [3.8, 4) is 0 Å². The lowest BCUT2D eigenvalue weighted by atomic mass is 9.68. The number of benzene rings is 4. The number of ketones is 2. The molecule has 4 aromatic carbocycles. The van der Waals surface area contributed by atoms with E-state index in [1.165, 1.54) is 75.6 Å². The second-order valence-corrected chi connectivity index (χ2v) is 22.0. The van der Waals surface area contributed by atoms with Gasteiger partial charge >= 0.3 is 0 Å². The predicted octanol–water partition coefficient (Wildman–Crippen LogP) is 11.1. The molecule has 56 heavy (non-hydrogen) atoms. The van der Waals surface area contributed by atoms with Crippen LogP contribution in [0.15, 0.2) is 84.9 Å². The summed E-state index contributed by atoms with van der Waals surface area (Å²) in [5.74, 6) is 0.363. The lowest BCUT2D eigenvalue weighted by molar-refractivity contribution is 0.102. The molecule has 8 atom stereocenters. The maximum absolute atomic E-state index is 14.2. The summed E-state index contributed by atoms with van der Waals surface area (Å²) in [5, 5.41) is 2.27. The highest BCUT2D eigenvalue weighted by Crippen LogP contribution is 2.56. The van der Waals surface area contributed by atoms with E-state index in [1.807, 2.05) is 24.3 Å². The summed E-state index contributed by atoms with van der Waals surface area (Å²) in [6.07, 6.45) is 12.6. The zero-order valence-electron chi connectivity index (χ0n) is 33.3. The third kappa shape index (κ3) is 5.19. The second kappa shape index (κ2) is 13.0. The number of rotatable bonds is 2. The summed E-state index contributed by atoms with van der Waals surface area (Å²) in [7, 11) is 0. The maximum Gasteiger partial charge on any atom is 0.193 e. The van der Waals surface area contributed by atoms with Gasteiger partial charge in [0.2, 0.25) is 0 Å². The topological polar surface area (TPSA) is 40.6 Å². The molecular weight excluding hydrogens is 725 g/mol. The van der Waals surface area contributed by atoms with Crippen LogP contribution in [-0.2, 0) is 10.8 Å². The van der Waals surface area contributed by atoms with Crippen molar-refractivity contribution in [2.75, 3.05) is 9.80 Å². The van der Waals surface area contributed by atoms with Crippen molar-refractivity contribution in [2.45, 2.75) is 148 Å². The van der Waals surface area contributed by atoms with Crippen molar-refractivity contribution in [2.24, 2.45) is 0 Å². The van der Waals surface area contributed by atoms with Crippen molar-refractivity contribution in [1.29, 1.82) is 0 Å². The molecule has 2 saturated heterocycles. The average molecular weight is 779 g/mol. The highest BCUT2D eigenvalue weighted by Gasteiger charge is 2.54. The summed E-state index contributed by atoms with van der Waals surface area (Å²) in [4.78, 5) is 34.2. The Morgan fingerprint density at radius 2 is 0.857 bits per heavy atom. The molecule has 0 amide bonds. The average Bonchev–Trinajstić information content (AvgIpc) is 3.22. The summed E-state index contributed by atoms with van der Waals surface area (Å²) >= 11 is 4.63. The van der Waals surface area contributed by atoms with E-state index >= 15 is 0 Å². The first-order chi connectivity index (χ1) is 27.1. The van der Waals surface area contributed by atoms with Gasteiger partial charge in [0, 0.05) is 89.6 Å². The lowest BCUT2D eigenvalue weighted by Crippen LogP contribution is -2.67. The Kier molecular flexibility index (Phi) is 8.29. The predicted molar refractivity (Wildman–Crippen MR) is 234 cm³/mol. The maximum atomic E-state index is 14.2. The highest BCUT2D eigenvalue weighted by molar-refractivity contribution is 8.01. The molecule has 7 aliphatic rings. The largest absolute Gasteiger partial charge is 0.363 e. The van der Waals surface area contributed by atoms with Crippen LogP contribution in [0.25, 0.3) is 0 Å². The number of anilines is 2. The van der Waals surface area contributed by atoms with E-state index in [2.05, 4.69) is 122 Å². The van der Waals surface area contributed by atoms with Gasteiger partial charge in [0.15, 0.2) is 11.6 Å². The molecule has 11 rings (SSSR count). The van der Waals surface area contributed by atoms with Gasteiger partial charge in [0.25, 0.3) is 0 Å². The molecule has 4 aromatic rings. The number of fused-ring (bicyclic) bond motifs is 8. The van der Waals surface area contributed by atoms with Crippen molar-refractivity contribution in [3.05, 3.63) is 129 Å². The first kappa shape index (κ1) is 35.7. The standard InChI is InChI=1S/C50H54N2O2S2/c1-49(2)35-15-7-5-13-31(35)47(53)33-25-29(21-23-37(33)49)51-39-17-9-11-19-43(39)55-45-28-42-46(27-41(45)51)56-44-20-12-10-18-40(44)52(42)30-22-24-38-34(26-30)48(54)32-14-6-8-16-36(32)50(38,3)4/h5-8,13-16,21-26,39-46H,9-12,17-20,27-28H2,1-4H3. The monoisotopic (exact) mass is 778 g/mol. The number of nitrogens with zero attached hydrogens (tertiary/aromatic N) is 2. The van der Waals surface area contributed by atoms with Crippen molar-refractivity contribution >= 4 is 46.5 Å². The summed E-state index contributed by atoms with van der Waals surface area (Å²) < 4.78 is 0. The minimum absolute atomic E-state index is 0.181. The minimum Gasteiger partial charge on any atom is -0.363 e. The van der Waals surface area contributed by atoms with Gasteiger partial charge in [-0.05, 0) is 85.0 Å². The summed E-state index contributed by atoms with van der Waals surface area (Å²) in [6.45, 7) is 9.13. The Labute approximate surface area is 341 Å². The Bertz CT molecular complexity index is 2120. The minimum atomic E-state index is -0.219. The smallest absolute Gasteiger partial charge is 0.193 e. The van der Waals surface area contributed by atoms with Gasteiger partial charge in [-0.25, -0.2) is 0 Å². The van der Waals surface area contributed by atoms with Gasteiger partial charge in [-0.3, -0.25) is 9.59 Å². The molecule has 0 N–H and O–H groups in total. The number of hydrogen-bond donors (Lipinski definition) is 0. The molecule has 4 nitrogen and oxygen atoms in total. The first-order valence-electron chi connectivity index (χ1n) is 21.6. The fourth-order valence-corrected chi connectivity index (χ4v) is 16.5. The zero-order valence-corrected chi connectivity index (χ0v) is 34.9. The molecule has 288 valence electrons. The molecule has 5 aliphatic carbocycles. The third-order valence-corrected chi connectivity index (χ3v) is 18.9. The van der Waals surface area contributed by atoms with Crippen LogP contribution in [0.1, 0.15) is 146 Å². The Balaban J connectivity index is 0.975. The fourth-order valence-electron chi connectivity index (χ4n) is 12.7. The van der Waals surface area contributed by atoms with Crippen LogP contribution in [0.2, 0.25) is 0 Å². The molecule has 0 radical (unpaired) electrons. The van der Waals surface area contributed by atoms with E-state index in [0.29, 0.717) is 45.2 Å². The van der Waals surface area contributed by atoms with Crippen LogP contribution in [0.3, 0.4) is 0 Å². The molecule has 5 fully saturated rings. The van der Waals surface area contributed by atoms with Gasteiger partial charge in [-0.2, -0.15) is 23.5 Å². The Hall–Kier alpha value is -3.48. The molecule has 8 unspecified atom stereocenters. The van der Waals surface area contributed by atoms with Crippen molar-refractivity contribution < 1.29 is 9.59 Å². The molecule has 0 bridgehead atoms. The highest BCUT2D eigenvalue weighted by atomic mass is 32.2. The molecule has 2 aliphatic heterocycles. The number of carbonyl (C=O) groups excluding carboxylic acids is 2. The van der Waals surface area contributed by atoms with Gasteiger partial charge in [0.1, 0.15) is 0 Å². The van der Waals surface area contributed by atoms with Gasteiger partial charge in [0.05, 0.1) is 0 Å². The molecular formula is C50H54N2O2S2. The molecule has 0 aromatic heterocycles. The third-order valence-electron chi connectivity index (χ3n) is 15.4. The van der Waals surface area contributed by atoms with E-state index in [9.17, 15) is 9.59 Å². The molecule has 0 spiro atoms. The number of carbonyl (C=O) groups is 2. The van der Waals surface area contributed by atoms with E-state index in [1.54, 1.807) is 0 Å². The van der Waals surface area contributed by atoms with Crippen LogP contribution in [0.4, 0.5) is 11.4 Å². The van der Waals surface area contributed by atoms with Crippen LogP contribution >= 0.6 is 23.5 Å². The normalized spacial score (nSPS) is 32.1. The Morgan fingerprint density at radius 3 is 1.30 bits per heavy atom. The summed E-state index contributed by atoms with van der Waals surface area (Å²) in [5.41, 5.74) is 10.2. The van der Waals surface area contributed by atoms with Gasteiger partial charge in [-0.15, -0.1) is 0 Å². The Morgan fingerprint density at radius 1 is 0.464 bits per heavy atom. The van der Waals surface area contributed by atoms with E-state index in [4.69, 9.17) is 0 Å². The van der Waals surface area contributed by atoms with Crippen LogP contribution in [0.5, 0.6) is 0 Å². The van der Waals surface area contributed by atoms with Crippen LogP contribution < -0.4 is 9.80 Å². The molecule has 2 heterocycles. The van der Waals surface area contributed by atoms with Crippen LogP contribution in [-0.4, -0.2) is 56.7 Å². The van der Waals surface area contributed by atoms with Gasteiger partial charge < -0.3 is 9.80 Å². The number of thioether (sulfide) groups is 2. The number of hydrogen-bond acceptors (Lipinski definition) is 6. The second-order valence-electron chi connectivity index (χ2n) is 19.0. The summed E-state index contributed by atoms with van der Waals surface area (Å²) in [6, 6.07) is 32.4. The first-order valence-corrected chi connectivity index (χ1v) is 23.4. The van der Waals surface area contributed by atoms with Gasteiger partial charge in [-0.1, -0.05) is 114 Å². The molecule has 3 saturated carbocycles. The fraction of sp³-hybridized carbons (Fsp3) is 0.480. The molecule has 6 heteroatoms. The van der Waals surface area contributed by atoms with E-state index in [0.717, 1.165) is 44.5 Å². The van der Waals surface area contributed by atoms with E-state index < -0.39 is 0 Å². The van der Waals surface area contributed by atoms with E-state index in [-0.39, 0.29) is 22.4 Å². The quantitative estimate of drug-likeness (QED) is 0.202. The zero-order chi connectivity index (χ0) is 38.1. The lowest BCUT2D eigenvalue weighted by Gasteiger charge is -2.61.